The van der Waals surface area contributed by atoms with Crippen LogP contribution in [-0.4, -0.2) is 39.7 Å². The number of hydrogen-bond donors (Lipinski definition) is 3. The minimum Gasteiger partial charge on any atom is -0.505 e. The van der Waals surface area contributed by atoms with Gasteiger partial charge in [-0.25, -0.2) is 0 Å². The molecule has 0 bridgehead atoms. The Morgan fingerprint density at radius 3 is 2.47 bits per heavy atom. The number of likely N-dealkylation sites (tertiary alicyclic amines) is 1. The van der Waals surface area contributed by atoms with Crippen molar-refractivity contribution in [3.8, 4) is 16.9 Å². The van der Waals surface area contributed by atoms with Gasteiger partial charge in [0.05, 0.1) is 27.4 Å². The number of benzene rings is 3. The minimum absolute atomic E-state index is 0.124. The summed E-state index contributed by atoms with van der Waals surface area (Å²) in [5, 5.41) is 26.2. The smallest absolute Gasteiger partial charge is 0.152 e. The maximum absolute atomic E-state index is 11.2. The summed E-state index contributed by atoms with van der Waals surface area (Å²) >= 11 is 12.4. The Morgan fingerprint density at radius 2 is 1.74 bits per heavy atom. The van der Waals surface area contributed by atoms with Gasteiger partial charge in [-0.3, -0.25) is 4.98 Å². The maximum Gasteiger partial charge on any atom is 0.152 e. The Kier molecular flexibility index (Phi) is 7.19. The zero-order chi connectivity index (χ0) is 26.2. The molecule has 2 aliphatic rings. The molecule has 2 heterocycles. The van der Waals surface area contributed by atoms with Crippen LogP contribution in [0.2, 0.25) is 10.0 Å². The largest absolute Gasteiger partial charge is 0.505 e. The summed E-state index contributed by atoms with van der Waals surface area (Å²) in [4.78, 5) is 7.22. The zero-order valence-electron chi connectivity index (χ0n) is 21.1. The van der Waals surface area contributed by atoms with Gasteiger partial charge in [-0.15, -0.1) is 0 Å². The van der Waals surface area contributed by atoms with Crippen LogP contribution in [0.4, 0.5) is 11.4 Å². The molecule has 0 radical (unpaired) electrons. The molecule has 6 rings (SSSR count). The number of phenolic OH excluding ortho intramolecular Hbond substituents is 1. The van der Waals surface area contributed by atoms with E-state index in [2.05, 4.69) is 34.5 Å². The van der Waals surface area contributed by atoms with E-state index in [0.717, 1.165) is 64.8 Å². The van der Waals surface area contributed by atoms with E-state index in [1.54, 1.807) is 18.3 Å². The summed E-state index contributed by atoms with van der Waals surface area (Å²) in [5.74, 6) is 0.140. The van der Waals surface area contributed by atoms with E-state index in [1.165, 1.54) is 31.5 Å². The van der Waals surface area contributed by atoms with Gasteiger partial charge in [-0.1, -0.05) is 41.4 Å². The number of phenols is 1. The van der Waals surface area contributed by atoms with E-state index in [0.29, 0.717) is 0 Å². The summed E-state index contributed by atoms with van der Waals surface area (Å²) in [6, 6.07) is 17.9. The highest BCUT2D eigenvalue weighted by molar-refractivity contribution is 6.37. The van der Waals surface area contributed by atoms with Gasteiger partial charge in [-0.2, -0.15) is 0 Å². The van der Waals surface area contributed by atoms with E-state index in [4.69, 9.17) is 28.2 Å². The number of anilines is 2. The van der Waals surface area contributed by atoms with Crippen LogP contribution in [0, 0.1) is 5.92 Å². The Morgan fingerprint density at radius 1 is 0.974 bits per heavy atom. The summed E-state index contributed by atoms with van der Waals surface area (Å²) in [6.45, 7) is 3.47. The van der Waals surface area contributed by atoms with Gasteiger partial charge >= 0.3 is 0 Å². The molecule has 1 aliphatic carbocycles. The first-order valence-electron chi connectivity index (χ1n) is 13.3. The average Bonchev–Trinajstić information content (AvgIpc) is 3.65. The molecule has 1 aromatic heterocycles. The molecule has 5 nitrogen and oxygen atoms in total. The van der Waals surface area contributed by atoms with Crippen molar-refractivity contribution < 1.29 is 10.2 Å². The van der Waals surface area contributed by atoms with Gasteiger partial charge in [-0.05, 0) is 104 Å². The van der Waals surface area contributed by atoms with Crippen molar-refractivity contribution in [1.29, 1.82) is 0 Å². The second-order valence-corrected chi connectivity index (χ2v) is 11.3. The molecule has 1 unspecified atom stereocenters. The number of aliphatic hydroxyl groups excluding tert-OH is 1. The zero-order valence-corrected chi connectivity index (χ0v) is 22.6. The van der Waals surface area contributed by atoms with E-state index in [9.17, 15) is 10.2 Å². The fraction of sp³-hybridized carbons (Fsp3) is 0.323. The lowest BCUT2D eigenvalue weighted by Gasteiger charge is -2.20. The lowest BCUT2D eigenvalue weighted by atomic mass is 9.98. The second-order valence-electron chi connectivity index (χ2n) is 10.5. The van der Waals surface area contributed by atoms with Crippen molar-refractivity contribution in [2.45, 2.75) is 38.2 Å². The molecule has 1 saturated carbocycles. The Labute approximate surface area is 233 Å². The highest BCUT2D eigenvalue weighted by Crippen LogP contribution is 2.45. The number of aromatic hydroxyl groups is 1. The molecule has 4 aromatic rings. The lowest BCUT2D eigenvalue weighted by molar-refractivity contribution is 0.154. The first kappa shape index (κ1) is 25.4. The van der Waals surface area contributed by atoms with E-state index in [-0.39, 0.29) is 21.7 Å². The van der Waals surface area contributed by atoms with Crippen molar-refractivity contribution in [3.63, 3.8) is 0 Å². The first-order valence-corrected chi connectivity index (χ1v) is 14.1. The van der Waals surface area contributed by atoms with Gasteiger partial charge in [0.2, 0.25) is 0 Å². The second kappa shape index (κ2) is 10.7. The fourth-order valence-corrected chi connectivity index (χ4v) is 5.88. The summed E-state index contributed by atoms with van der Waals surface area (Å²) in [7, 11) is 0. The fourth-order valence-electron chi connectivity index (χ4n) is 5.39. The third-order valence-corrected chi connectivity index (χ3v) is 8.32. The Hall–Kier alpha value is -2.83. The number of rotatable bonds is 8. The van der Waals surface area contributed by atoms with Crippen LogP contribution in [0.1, 0.15) is 42.9 Å². The third-order valence-electron chi connectivity index (χ3n) is 7.75. The molecule has 0 spiro atoms. The number of hydrogen-bond acceptors (Lipinski definition) is 5. The topological polar surface area (TPSA) is 68.6 Å². The average molecular weight is 549 g/mol. The van der Waals surface area contributed by atoms with Gasteiger partial charge < -0.3 is 20.4 Å². The molecule has 3 N–H and O–H groups in total. The molecule has 196 valence electrons. The number of pyridine rings is 1. The molecule has 38 heavy (non-hydrogen) atoms. The van der Waals surface area contributed by atoms with E-state index in [1.807, 2.05) is 18.2 Å². The third kappa shape index (κ3) is 5.34. The van der Waals surface area contributed by atoms with Crippen molar-refractivity contribution in [3.05, 3.63) is 82.0 Å². The van der Waals surface area contributed by atoms with Crippen molar-refractivity contribution >= 4 is 45.5 Å². The first-order chi connectivity index (χ1) is 18.5. The van der Waals surface area contributed by atoms with Gasteiger partial charge in [0.1, 0.15) is 0 Å². The summed E-state index contributed by atoms with van der Waals surface area (Å²) < 4.78 is 0. The predicted octanol–water partition coefficient (Wildman–Crippen LogP) is 7.74. The van der Waals surface area contributed by atoms with Crippen LogP contribution >= 0.6 is 23.2 Å². The summed E-state index contributed by atoms with van der Waals surface area (Å²) in [6.07, 6.45) is 6.88. The minimum atomic E-state index is -0.575. The molecule has 0 amide bonds. The predicted molar refractivity (Wildman–Crippen MR) is 156 cm³/mol. The molecular formula is C31H31Cl2N3O2. The van der Waals surface area contributed by atoms with Crippen LogP contribution in [0.5, 0.6) is 5.75 Å². The number of halogens is 2. The summed E-state index contributed by atoms with van der Waals surface area (Å²) in [5.41, 5.74) is 6.46. The Balaban J connectivity index is 1.39. The van der Waals surface area contributed by atoms with Crippen LogP contribution in [0.3, 0.4) is 0 Å². The van der Waals surface area contributed by atoms with E-state index < -0.39 is 6.10 Å². The highest BCUT2D eigenvalue weighted by Gasteiger charge is 2.33. The number of aliphatic hydroxyl groups is 1. The van der Waals surface area contributed by atoms with Crippen LogP contribution in [0.25, 0.3) is 22.0 Å². The standard InChI is InChI=1S/C31H31Cl2N3O2/c32-26-16-22(17-27(33)31(26)38)21-8-9-28-24(15-21)29(25(18-34-28)30(37)20-6-7-20)35-23-5-3-4-19(14-23)10-13-36-11-1-2-12-36/h3-5,8-9,14-18,20,30,37-38H,1-2,6-7,10-13H2,(H,34,35). The Bertz CT molecular complexity index is 1460. The molecule has 1 saturated heterocycles. The maximum atomic E-state index is 11.2. The van der Waals surface area contributed by atoms with Crippen molar-refractivity contribution in [2.24, 2.45) is 5.92 Å². The molecule has 7 heteroatoms. The van der Waals surface area contributed by atoms with Crippen LogP contribution in [0.15, 0.2) is 60.8 Å². The molecular weight excluding hydrogens is 517 g/mol. The molecule has 1 atom stereocenters. The molecule has 1 aliphatic heterocycles. The number of nitrogens with zero attached hydrogens (tertiary/aromatic N) is 2. The quantitative estimate of drug-likeness (QED) is 0.210. The van der Waals surface area contributed by atoms with Crippen molar-refractivity contribution in [2.75, 3.05) is 25.0 Å². The number of aromatic nitrogens is 1. The SMILES string of the molecule is Oc1c(Cl)cc(-c2ccc3ncc(C(O)C4CC4)c(Nc4cccc(CCN5CCCC5)c4)c3c2)cc1Cl. The van der Waals surface area contributed by atoms with Crippen LogP contribution in [-0.2, 0) is 6.42 Å². The number of nitrogens with one attached hydrogen (secondary N) is 1. The van der Waals surface area contributed by atoms with Gasteiger partial charge in [0.15, 0.2) is 5.75 Å². The van der Waals surface area contributed by atoms with Crippen LogP contribution < -0.4 is 5.32 Å². The number of fused-ring (bicyclic) bond motifs is 1. The van der Waals surface area contributed by atoms with Gasteiger partial charge in [0.25, 0.3) is 0 Å². The van der Waals surface area contributed by atoms with Gasteiger partial charge in [0, 0.05) is 29.4 Å². The molecule has 3 aromatic carbocycles. The van der Waals surface area contributed by atoms with E-state index >= 15 is 0 Å². The highest BCUT2D eigenvalue weighted by atomic mass is 35.5. The monoisotopic (exact) mass is 547 g/mol. The lowest BCUT2D eigenvalue weighted by Crippen LogP contribution is -2.21. The van der Waals surface area contributed by atoms with Crippen molar-refractivity contribution in [1.82, 2.24) is 9.88 Å². The molecule has 2 fully saturated rings. The normalized spacial score (nSPS) is 16.7.